The van der Waals surface area contributed by atoms with Crippen molar-refractivity contribution in [2.75, 3.05) is 6.54 Å². The van der Waals surface area contributed by atoms with Crippen LogP contribution < -0.4 is 10.5 Å². The molecule has 12 heteroatoms. The topological polar surface area (TPSA) is 86.3 Å². The fourth-order valence-corrected chi connectivity index (χ4v) is 4.90. The molecule has 0 radical (unpaired) electrons. The van der Waals surface area contributed by atoms with E-state index in [0.717, 1.165) is 16.7 Å². The van der Waals surface area contributed by atoms with Crippen molar-refractivity contribution in [3.63, 3.8) is 0 Å². The zero-order valence-electron chi connectivity index (χ0n) is 18.9. The summed E-state index contributed by atoms with van der Waals surface area (Å²) in [5.74, 6) is -3.39. The number of nitrogens with zero attached hydrogens (tertiary/aromatic N) is 4. The van der Waals surface area contributed by atoms with Crippen LogP contribution in [-0.4, -0.2) is 38.2 Å². The summed E-state index contributed by atoms with van der Waals surface area (Å²) < 4.78 is 74.4. The fourth-order valence-electron chi connectivity index (χ4n) is 4.90. The molecule has 1 aliphatic carbocycles. The summed E-state index contributed by atoms with van der Waals surface area (Å²) in [6.07, 6.45) is -5.05. The third kappa shape index (κ3) is 4.52. The highest BCUT2D eigenvalue weighted by Crippen LogP contribution is 2.45. The summed E-state index contributed by atoms with van der Waals surface area (Å²) in [4.78, 5) is 14.4. The average Bonchev–Trinajstić information content (AvgIpc) is 3.41. The van der Waals surface area contributed by atoms with Crippen molar-refractivity contribution in [3.05, 3.63) is 76.9 Å². The minimum Gasteiger partial charge on any atom is -0.486 e. The van der Waals surface area contributed by atoms with E-state index in [4.69, 9.17) is 10.5 Å². The molecule has 36 heavy (non-hydrogen) atoms. The number of benzene rings is 2. The van der Waals surface area contributed by atoms with Gasteiger partial charge in [0.25, 0.3) is 0 Å². The van der Waals surface area contributed by atoms with Crippen molar-refractivity contribution in [2.45, 2.75) is 50.2 Å². The molecular formula is C24H22F5N5O2. The van der Waals surface area contributed by atoms with Gasteiger partial charge in [0.1, 0.15) is 11.9 Å². The van der Waals surface area contributed by atoms with Gasteiger partial charge in [-0.25, -0.2) is 8.78 Å². The van der Waals surface area contributed by atoms with Crippen molar-refractivity contribution in [3.8, 4) is 5.75 Å². The number of halogens is 5. The van der Waals surface area contributed by atoms with Crippen LogP contribution in [0.1, 0.15) is 47.6 Å². The summed E-state index contributed by atoms with van der Waals surface area (Å²) in [7, 11) is 0. The number of para-hydroxylation sites is 1. The van der Waals surface area contributed by atoms with Crippen LogP contribution in [0, 0.1) is 11.6 Å². The van der Waals surface area contributed by atoms with Crippen LogP contribution >= 0.6 is 0 Å². The standard InChI is InChI=1S/C24H22F5N5O2/c25-17-8-14-15(10-20(16(14)9-18(17)26)36-13-4-2-1-3-5-13)19(30)11-22(35)33-6-7-34-21(12-33)31-32-23(34)24(27,28)29/h1-5,8-9,15,19-20H,6-7,10-12,30H2/t15?,19-,20-/m0/s1. The predicted octanol–water partition coefficient (Wildman–Crippen LogP) is 3.94. The highest BCUT2D eigenvalue weighted by Gasteiger charge is 2.41. The number of amides is 1. The number of rotatable bonds is 5. The van der Waals surface area contributed by atoms with Crippen molar-refractivity contribution in [1.29, 1.82) is 0 Å². The first kappa shape index (κ1) is 24.2. The van der Waals surface area contributed by atoms with Crippen LogP contribution in [-0.2, 0) is 24.1 Å². The number of fused-ring (bicyclic) bond motifs is 2. The van der Waals surface area contributed by atoms with Crippen LogP contribution in [0.5, 0.6) is 5.75 Å². The average molecular weight is 507 g/mol. The molecule has 2 N–H and O–H groups in total. The number of alkyl halides is 3. The molecule has 1 amide bonds. The number of carbonyl (C=O) groups is 1. The molecule has 0 bridgehead atoms. The van der Waals surface area contributed by atoms with E-state index in [0.29, 0.717) is 23.3 Å². The van der Waals surface area contributed by atoms with Gasteiger partial charge in [0.2, 0.25) is 11.7 Å². The van der Waals surface area contributed by atoms with Gasteiger partial charge in [-0.3, -0.25) is 4.79 Å². The van der Waals surface area contributed by atoms with E-state index in [1.54, 1.807) is 24.3 Å². The minimum absolute atomic E-state index is 0.0376. The fraction of sp³-hybridized carbons (Fsp3) is 0.375. The minimum atomic E-state index is -4.64. The Balaban J connectivity index is 1.31. The molecule has 2 aromatic carbocycles. The molecule has 0 spiro atoms. The Morgan fingerprint density at radius 1 is 1.08 bits per heavy atom. The summed E-state index contributed by atoms with van der Waals surface area (Å²) in [5.41, 5.74) is 7.34. The Bertz CT molecular complexity index is 1280. The van der Waals surface area contributed by atoms with Gasteiger partial charge in [0.15, 0.2) is 17.5 Å². The smallest absolute Gasteiger partial charge is 0.451 e. The predicted molar refractivity (Wildman–Crippen MR) is 117 cm³/mol. The number of nitrogens with two attached hydrogens (primary N) is 1. The number of aromatic nitrogens is 3. The molecule has 2 heterocycles. The Morgan fingerprint density at radius 2 is 1.78 bits per heavy atom. The number of ether oxygens (including phenoxy) is 1. The summed E-state index contributed by atoms with van der Waals surface area (Å²) in [5, 5.41) is 6.80. The molecule has 0 saturated carbocycles. The van der Waals surface area contributed by atoms with Crippen LogP contribution in [0.3, 0.4) is 0 Å². The Kier molecular flexibility index (Phi) is 6.15. The molecule has 1 aliphatic heterocycles. The lowest BCUT2D eigenvalue weighted by Gasteiger charge is -2.30. The summed E-state index contributed by atoms with van der Waals surface area (Å²) in [6.45, 7) is -0.183. The first-order valence-electron chi connectivity index (χ1n) is 11.3. The van der Waals surface area contributed by atoms with Crippen LogP contribution in [0.4, 0.5) is 22.0 Å². The van der Waals surface area contributed by atoms with Crippen molar-refractivity contribution in [1.82, 2.24) is 19.7 Å². The van der Waals surface area contributed by atoms with Crippen molar-refractivity contribution in [2.24, 2.45) is 5.73 Å². The van der Waals surface area contributed by atoms with E-state index >= 15 is 0 Å². The molecule has 2 aliphatic rings. The lowest BCUT2D eigenvalue weighted by molar-refractivity contribution is -0.148. The quantitative estimate of drug-likeness (QED) is 0.529. The Morgan fingerprint density at radius 3 is 2.47 bits per heavy atom. The molecule has 7 nitrogen and oxygen atoms in total. The van der Waals surface area contributed by atoms with Gasteiger partial charge in [-0.05, 0) is 41.8 Å². The number of hydrogen-bond donors (Lipinski definition) is 1. The van der Waals surface area contributed by atoms with E-state index in [1.807, 2.05) is 6.07 Å². The monoisotopic (exact) mass is 507 g/mol. The molecule has 0 saturated heterocycles. The lowest BCUT2D eigenvalue weighted by Crippen LogP contribution is -2.42. The third-order valence-electron chi connectivity index (χ3n) is 6.65. The first-order valence-corrected chi connectivity index (χ1v) is 11.3. The largest absolute Gasteiger partial charge is 0.486 e. The van der Waals surface area contributed by atoms with E-state index in [9.17, 15) is 26.7 Å². The maximum atomic E-state index is 14.1. The van der Waals surface area contributed by atoms with Gasteiger partial charge >= 0.3 is 6.18 Å². The van der Waals surface area contributed by atoms with Crippen LogP contribution in [0.25, 0.3) is 0 Å². The first-order chi connectivity index (χ1) is 17.1. The molecule has 1 unspecified atom stereocenters. The zero-order valence-corrected chi connectivity index (χ0v) is 18.9. The van der Waals surface area contributed by atoms with E-state index < -0.39 is 41.7 Å². The Hall–Kier alpha value is -3.54. The normalized spacial score (nSPS) is 20.1. The third-order valence-corrected chi connectivity index (χ3v) is 6.65. The van der Waals surface area contributed by atoms with Gasteiger partial charge in [0.05, 0.1) is 6.54 Å². The van der Waals surface area contributed by atoms with Crippen molar-refractivity contribution < 1.29 is 31.5 Å². The highest BCUT2D eigenvalue weighted by molar-refractivity contribution is 5.77. The van der Waals surface area contributed by atoms with Gasteiger partial charge in [-0.1, -0.05) is 18.2 Å². The molecule has 190 valence electrons. The number of carbonyl (C=O) groups excluding carboxylic acids is 1. The number of hydrogen-bond acceptors (Lipinski definition) is 5. The second-order valence-electron chi connectivity index (χ2n) is 8.93. The van der Waals surface area contributed by atoms with E-state index in [1.165, 1.54) is 4.90 Å². The second kappa shape index (κ2) is 9.16. The van der Waals surface area contributed by atoms with E-state index in [-0.39, 0.29) is 37.8 Å². The van der Waals surface area contributed by atoms with Crippen molar-refractivity contribution >= 4 is 5.91 Å². The SMILES string of the molecule is N[C@@H](CC(=O)N1CCn2c(nnc2C(F)(F)F)C1)C1C[C@H](Oc2ccccc2)c2cc(F)c(F)cc21. The highest BCUT2D eigenvalue weighted by atomic mass is 19.4. The molecule has 3 aromatic rings. The molecule has 5 rings (SSSR count). The van der Waals surface area contributed by atoms with E-state index in [2.05, 4.69) is 10.2 Å². The molecule has 3 atom stereocenters. The molecular weight excluding hydrogens is 485 g/mol. The second-order valence-corrected chi connectivity index (χ2v) is 8.93. The van der Waals surface area contributed by atoms with Gasteiger partial charge < -0.3 is 19.9 Å². The zero-order chi connectivity index (χ0) is 25.6. The lowest BCUT2D eigenvalue weighted by atomic mass is 9.91. The van der Waals surface area contributed by atoms with Gasteiger partial charge in [-0.2, -0.15) is 13.2 Å². The summed E-state index contributed by atoms with van der Waals surface area (Å²) >= 11 is 0. The Labute approximate surface area is 202 Å². The maximum absolute atomic E-state index is 14.1. The van der Waals surface area contributed by atoms with Gasteiger partial charge in [-0.15, -0.1) is 10.2 Å². The molecule has 0 fully saturated rings. The molecule has 1 aromatic heterocycles. The van der Waals surface area contributed by atoms with Crippen LogP contribution in [0.2, 0.25) is 0 Å². The van der Waals surface area contributed by atoms with Crippen LogP contribution in [0.15, 0.2) is 42.5 Å². The summed E-state index contributed by atoms with van der Waals surface area (Å²) in [6, 6.07) is 10.3. The maximum Gasteiger partial charge on any atom is 0.451 e. The van der Waals surface area contributed by atoms with Gasteiger partial charge in [0, 0.05) is 31.5 Å².